The van der Waals surface area contributed by atoms with E-state index in [1.165, 1.54) is 7.11 Å². The molecule has 3 N–H and O–H groups in total. The second kappa shape index (κ2) is 7.26. The number of benzene rings is 1. The van der Waals surface area contributed by atoms with Crippen LogP contribution in [0, 0.1) is 5.41 Å². The van der Waals surface area contributed by atoms with Gasteiger partial charge in [0.2, 0.25) is 5.91 Å². The summed E-state index contributed by atoms with van der Waals surface area (Å²) in [6.45, 7) is 6.46. The average molecular weight is 363 g/mol. The molecule has 7 heteroatoms. The molecule has 0 heterocycles. The summed E-state index contributed by atoms with van der Waals surface area (Å²) in [5.41, 5.74) is 5.56. The second-order valence-electron chi connectivity index (χ2n) is 6.14. The lowest BCUT2D eigenvalue weighted by Crippen LogP contribution is -2.74. The van der Waals surface area contributed by atoms with Crippen LogP contribution in [0.3, 0.4) is 0 Å². The number of ether oxygens (including phenoxy) is 2. The van der Waals surface area contributed by atoms with Gasteiger partial charge in [-0.05, 0) is 19.1 Å². The SMILES string of the molecule is CCOC1CC(N)(C(=O)Nc2ccc(Cl)c(OC)c2)C1(C)C.Cl. The Bertz CT molecular complexity index is 580. The Balaban J connectivity index is 0.00000264. The number of anilines is 1. The molecular weight excluding hydrogens is 339 g/mol. The fourth-order valence-corrected chi connectivity index (χ4v) is 3.00. The van der Waals surface area contributed by atoms with Gasteiger partial charge in [-0.25, -0.2) is 0 Å². The first-order chi connectivity index (χ1) is 10.3. The molecule has 2 rings (SSSR count). The number of hydrogen-bond acceptors (Lipinski definition) is 4. The van der Waals surface area contributed by atoms with Gasteiger partial charge < -0.3 is 20.5 Å². The Hall–Kier alpha value is -1.01. The molecule has 1 aromatic rings. The molecule has 0 radical (unpaired) electrons. The number of carbonyl (C=O) groups excluding carboxylic acids is 1. The van der Waals surface area contributed by atoms with Crippen LogP contribution < -0.4 is 15.8 Å². The van der Waals surface area contributed by atoms with Crippen molar-refractivity contribution in [2.24, 2.45) is 11.1 Å². The van der Waals surface area contributed by atoms with Gasteiger partial charge in [-0.2, -0.15) is 0 Å². The summed E-state index contributed by atoms with van der Waals surface area (Å²) >= 11 is 5.98. The molecule has 0 bridgehead atoms. The van der Waals surface area contributed by atoms with Crippen LogP contribution in [0.1, 0.15) is 27.2 Å². The Kier molecular flexibility index (Phi) is 6.32. The molecule has 0 aliphatic heterocycles. The van der Waals surface area contributed by atoms with Gasteiger partial charge >= 0.3 is 0 Å². The first-order valence-electron chi connectivity index (χ1n) is 7.31. The normalized spacial score (nSPS) is 25.0. The van der Waals surface area contributed by atoms with Crippen LogP contribution >= 0.6 is 24.0 Å². The molecule has 0 spiro atoms. The molecule has 1 amide bonds. The van der Waals surface area contributed by atoms with E-state index in [0.29, 0.717) is 29.5 Å². The molecule has 23 heavy (non-hydrogen) atoms. The molecule has 130 valence electrons. The minimum Gasteiger partial charge on any atom is -0.495 e. The number of amides is 1. The molecular formula is C16H24Cl2N2O3. The highest BCUT2D eigenvalue weighted by atomic mass is 35.5. The zero-order valence-electron chi connectivity index (χ0n) is 13.8. The van der Waals surface area contributed by atoms with E-state index in [9.17, 15) is 4.79 Å². The van der Waals surface area contributed by atoms with Crippen molar-refractivity contribution in [3.63, 3.8) is 0 Å². The molecule has 1 aliphatic rings. The number of nitrogens with two attached hydrogens (primary N) is 1. The summed E-state index contributed by atoms with van der Waals surface area (Å²) in [6.07, 6.45) is 0.498. The number of rotatable bonds is 5. The fourth-order valence-electron chi connectivity index (χ4n) is 2.80. The van der Waals surface area contributed by atoms with E-state index in [-0.39, 0.29) is 24.4 Å². The zero-order valence-corrected chi connectivity index (χ0v) is 15.4. The molecule has 1 saturated carbocycles. The minimum atomic E-state index is -0.959. The van der Waals surface area contributed by atoms with Gasteiger partial charge in [-0.3, -0.25) is 4.79 Å². The van der Waals surface area contributed by atoms with Crippen molar-refractivity contribution in [3.05, 3.63) is 23.2 Å². The number of nitrogens with one attached hydrogen (secondary N) is 1. The first-order valence-corrected chi connectivity index (χ1v) is 7.69. The first kappa shape index (κ1) is 20.0. The summed E-state index contributed by atoms with van der Waals surface area (Å²) in [6, 6.07) is 5.07. The van der Waals surface area contributed by atoms with Crippen LogP contribution in [-0.2, 0) is 9.53 Å². The van der Waals surface area contributed by atoms with Gasteiger partial charge in [-0.1, -0.05) is 25.4 Å². The van der Waals surface area contributed by atoms with E-state index in [1.807, 2.05) is 20.8 Å². The van der Waals surface area contributed by atoms with E-state index in [0.717, 1.165) is 0 Å². The molecule has 5 nitrogen and oxygen atoms in total. The Morgan fingerprint density at radius 3 is 2.65 bits per heavy atom. The van der Waals surface area contributed by atoms with Crippen molar-refractivity contribution in [2.45, 2.75) is 38.8 Å². The van der Waals surface area contributed by atoms with Gasteiger partial charge in [0.15, 0.2) is 0 Å². The Morgan fingerprint density at radius 2 is 2.13 bits per heavy atom. The lowest BCUT2D eigenvalue weighted by atomic mass is 9.54. The van der Waals surface area contributed by atoms with Crippen molar-refractivity contribution in [1.29, 1.82) is 0 Å². The topological polar surface area (TPSA) is 73.6 Å². The molecule has 0 saturated heterocycles. The van der Waals surface area contributed by atoms with Gasteiger partial charge in [0, 0.05) is 30.2 Å². The second-order valence-corrected chi connectivity index (χ2v) is 6.55. The highest BCUT2D eigenvalue weighted by Crippen LogP contribution is 2.50. The van der Waals surface area contributed by atoms with Crippen LogP contribution in [0.5, 0.6) is 5.75 Å². The van der Waals surface area contributed by atoms with Crippen LogP contribution in [-0.4, -0.2) is 31.3 Å². The zero-order chi connectivity index (χ0) is 16.5. The Morgan fingerprint density at radius 1 is 1.48 bits per heavy atom. The summed E-state index contributed by atoms with van der Waals surface area (Å²) in [4.78, 5) is 12.6. The maximum absolute atomic E-state index is 12.6. The lowest BCUT2D eigenvalue weighted by molar-refractivity contribution is -0.166. The van der Waals surface area contributed by atoms with E-state index in [4.69, 9.17) is 26.8 Å². The third-order valence-corrected chi connectivity index (χ3v) is 4.96. The van der Waals surface area contributed by atoms with E-state index < -0.39 is 11.0 Å². The third-order valence-electron chi connectivity index (χ3n) is 4.64. The largest absolute Gasteiger partial charge is 0.495 e. The van der Waals surface area contributed by atoms with Crippen molar-refractivity contribution in [1.82, 2.24) is 0 Å². The van der Waals surface area contributed by atoms with Crippen molar-refractivity contribution >= 4 is 35.6 Å². The molecule has 1 fully saturated rings. The Labute approximate surface area is 148 Å². The maximum atomic E-state index is 12.6. The van der Waals surface area contributed by atoms with Crippen molar-refractivity contribution in [3.8, 4) is 5.75 Å². The van der Waals surface area contributed by atoms with Crippen molar-refractivity contribution in [2.75, 3.05) is 19.0 Å². The molecule has 0 aromatic heterocycles. The number of carbonyl (C=O) groups is 1. The summed E-state index contributed by atoms with van der Waals surface area (Å²) in [7, 11) is 1.53. The van der Waals surface area contributed by atoms with Gasteiger partial charge in [0.05, 0.1) is 18.2 Å². The number of halogens is 2. The average Bonchev–Trinajstić information content (AvgIpc) is 2.48. The highest BCUT2D eigenvalue weighted by Gasteiger charge is 2.62. The van der Waals surface area contributed by atoms with Crippen LogP contribution in [0.2, 0.25) is 5.02 Å². The van der Waals surface area contributed by atoms with Crippen LogP contribution in [0.25, 0.3) is 0 Å². The van der Waals surface area contributed by atoms with E-state index in [1.54, 1.807) is 18.2 Å². The fraction of sp³-hybridized carbons (Fsp3) is 0.562. The number of hydrogen-bond donors (Lipinski definition) is 2. The molecule has 1 aromatic carbocycles. The van der Waals surface area contributed by atoms with Gasteiger partial charge in [-0.15, -0.1) is 12.4 Å². The monoisotopic (exact) mass is 362 g/mol. The maximum Gasteiger partial charge on any atom is 0.245 e. The van der Waals surface area contributed by atoms with Gasteiger partial charge in [0.25, 0.3) is 0 Å². The van der Waals surface area contributed by atoms with Crippen LogP contribution in [0.4, 0.5) is 5.69 Å². The smallest absolute Gasteiger partial charge is 0.245 e. The predicted molar refractivity (Wildman–Crippen MR) is 94.6 cm³/mol. The summed E-state index contributed by atoms with van der Waals surface area (Å²) in [5, 5.41) is 3.34. The van der Waals surface area contributed by atoms with E-state index >= 15 is 0 Å². The lowest BCUT2D eigenvalue weighted by Gasteiger charge is -2.57. The minimum absolute atomic E-state index is 0. The summed E-state index contributed by atoms with van der Waals surface area (Å²) < 4.78 is 10.8. The quantitative estimate of drug-likeness (QED) is 0.842. The van der Waals surface area contributed by atoms with Crippen molar-refractivity contribution < 1.29 is 14.3 Å². The highest BCUT2D eigenvalue weighted by molar-refractivity contribution is 6.32. The van der Waals surface area contributed by atoms with Crippen LogP contribution in [0.15, 0.2) is 18.2 Å². The summed E-state index contributed by atoms with van der Waals surface area (Å²) in [5.74, 6) is 0.281. The molecule has 2 unspecified atom stereocenters. The predicted octanol–water partition coefficient (Wildman–Crippen LogP) is 3.24. The molecule has 1 aliphatic carbocycles. The van der Waals surface area contributed by atoms with E-state index in [2.05, 4.69) is 5.32 Å². The van der Waals surface area contributed by atoms with Gasteiger partial charge in [0.1, 0.15) is 11.3 Å². The molecule has 2 atom stereocenters. The number of methoxy groups -OCH3 is 1. The standard InChI is InChI=1S/C16H23ClN2O3.ClH/c1-5-22-13-9-16(18,15(13,2)3)14(20)19-10-6-7-11(17)12(8-10)21-4;/h6-8,13H,5,9,18H2,1-4H3,(H,19,20);1H. The third kappa shape index (κ3) is 3.43.